The second-order valence-corrected chi connectivity index (χ2v) is 6.41. The van der Waals surface area contributed by atoms with Gasteiger partial charge in [-0.25, -0.2) is 0 Å². The minimum atomic E-state index is -0.0980. The molecule has 2 aromatic rings. The van der Waals surface area contributed by atoms with E-state index >= 15 is 0 Å². The fraction of sp³-hybridized carbons (Fsp3) is 0.278. The lowest BCUT2D eigenvalue weighted by molar-refractivity contribution is -0.111. The molecule has 0 saturated carbocycles. The largest absolute Gasteiger partial charge is 0.372 e. The fourth-order valence-corrected chi connectivity index (χ4v) is 3.25. The zero-order valence-corrected chi connectivity index (χ0v) is 13.3. The number of rotatable bonds is 4. The molecule has 1 fully saturated rings. The molecule has 1 N–H and O–H groups in total. The van der Waals surface area contributed by atoms with Crippen molar-refractivity contribution in [3.05, 3.63) is 52.7 Å². The number of hydrogen-bond donors (Lipinski definition) is 1. The first-order chi connectivity index (χ1) is 10.8. The lowest BCUT2D eigenvalue weighted by Gasteiger charge is -2.28. The number of hydrogen-bond acceptors (Lipinski definition) is 3. The van der Waals surface area contributed by atoms with Gasteiger partial charge in [0.05, 0.1) is 0 Å². The molecule has 0 spiro atoms. The Balaban J connectivity index is 1.57. The van der Waals surface area contributed by atoms with Gasteiger partial charge in [0.1, 0.15) is 0 Å². The van der Waals surface area contributed by atoms with Gasteiger partial charge in [0, 0.05) is 35.4 Å². The van der Waals surface area contributed by atoms with E-state index in [1.54, 1.807) is 17.4 Å². The van der Waals surface area contributed by atoms with Crippen molar-refractivity contribution in [1.29, 1.82) is 0 Å². The third-order valence-electron chi connectivity index (χ3n) is 3.80. The number of carbonyl (C=O) groups is 1. The van der Waals surface area contributed by atoms with E-state index in [1.165, 1.54) is 24.9 Å². The van der Waals surface area contributed by atoms with Crippen LogP contribution in [-0.4, -0.2) is 19.0 Å². The molecule has 4 heteroatoms. The zero-order valence-electron chi connectivity index (χ0n) is 12.5. The molecule has 22 heavy (non-hydrogen) atoms. The maximum Gasteiger partial charge on any atom is 0.248 e. The van der Waals surface area contributed by atoms with Crippen LogP contribution in [0.1, 0.15) is 24.1 Å². The Kier molecular flexibility index (Phi) is 4.91. The molecule has 0 unspecified atom stereocenters. The summed E-state index contributed by atoms with van der Waals surface area (Å²) in [6.07, 6.45) is 7.28. The van der Waals surface area contributed by atoms with Crippen molar-refractivity contribution in [2.45, 2.75) is 19.3 Å². The smallest absolute Gasteiger partial charge is 0.248 e. The van der Waals surface area contributed by atoms with Gasteiger partial charge in [-0.05, 0) is 61.1 Å². The van der Waals surface area contributed by atoms with Gasteiger partial charge in [-0.15, -0.1) is 11.3 Å². The molecule has 1 aliphatic rings. The summed E-state index contributed by atoms with van der Waals surface area (Å²) >= 11 is 1.62. The molecule has 114 valence electrons. The molecular weight excluding hydrogens is 292 g/mol. The van der Waals surface area contributed by atoms with E-state index in [0.29, 0.717) is 0 Å². The monoisotopic (exact) mass is 312 g/mol. The Morgan fingerprint density at radius 2 is 1.86 bits per heavy atom. The van der Waals surface area contributed by atoms with Crippen LogP contribution in [0, 0.1) is 0 Å². The van der Waals surface area contributed by atoms with E-state index in [1.807, 2.05) is 35.7 Å². The summed E-state index contributed by atoms with van der Waals surface area (Å²) in [5.74, 6) is -0.0980. The van der Waals surface area contributed by atoms with E-state index in [-0.39, 0.29) is 5.91 Å². The molecule has 1 aromatic heterocycles. The highest BCUT2D eigenvalue weighted by molar-refractivity contribution is 7.10. The Hall–Kier alpha value is -2.07. The van der Waals surface area contributed by atoms with E-state index in [2.05, 4.69) is 22.3 Å². The first-order valence-corrected chi connectivity index (χ1v) is 8.57. The van der Waals surface area contributed by atoms with Crippen molar-refractivity contribution in [2.75, 3.05) is 23.3 Å². The first-order valence-electron chi connectivity index (χ1n) is 7.69. The molecule has 0 bridgehead atoms. The maximum absolute atomic E-state index is 11.9. The van der Waals surface area contributed by atoms with Crippen LogP contribution >= 0.6 is 11.3 Å². The van der Waals surface area contributed by atoms with Crippen molar-refractivity contribution in [3.8, 4) is 0 Å². The average molecular weight is 312 g/mol. The highest BCUT2D eigenvalue weighted by atomic mass is 32.1. The van der Waals surface area contributed by atoms with Crippen molar-refractivity contribution in [3.63, 3.8) is 0 Å². The SMILES string of the molecule is O=C(C=Cc1cccs1)Nc1ccc(N2CCCCC2)cc1. The van der Waals surface area contributed by atoms with Crippen molar-refractivity contribution >= 4 is 34.7 Å². The number of piperidine rings is 1. The van der Waals surface area contributed by atoms with Crippen LogP contribution in [0.2, 0.25) is 0 Å². The van der Waals surface area contributed by atoms with E-state index in [4.69, 9.17) is 0 Å². The van der Waals surface area contributed by atoms with Crippen molar-refractivity contribution in [2.24, 2.45) is 0 Å². The van der Waals surface area contributed by atoms with Gasteiger partial charge in [0.15, 0.2) is 0 Å². The number of nitrogens with zero attached hydrogens (tertiary/aromatic N) is 1. The molecule has 0 radical (unpaired) electrons. The minimum absolute atomic E-state index is 0.0980. The molecular formula is C18H20N2OS. The van der Waals surface area contributed by atoms with E-state index < -0.39 is 0 Å². The molecule has 1 saturated heterocycles. The summed E-state index contributed by atoms with van der Waals surface area (Å²) < 4.78 is 0. The second kappa shape index (κ2) is 7.27. The van der Waals surface area contributed by atoms with Gasteiger partial charge in [-0.3, -0.25) is 4.79 Å². The molecule has 3 rings (SSSR count). The van der Waals surface area contributed by atoms with Crippen LogP contribution in [0.3, 0.4) is 0 Å². The minimum Gasteiger partial charge on any atom is -0.372 e. The topological polar surface area (TPSA) is 32.3 Å². The van der Waals surface area contributed by atoms with Crippen molar-refractivity contribution < 1.29 is 4.79 Å². The first kappa shape index (κ1) is 14.9. The quantitative estimate of drug-likeness (QED) is 0.849. The normalized spacial score (nSPS) is 15.2. The third kappa shape index (κ3) is 3.98. The van der Waals surface area contributed by atoms with Gasteiger partial charge in [0.2, 0.25) is 5.91 Å². The Bertz CT molecular complexity index is 626. The highest BCUT2D eigenvalue weighted by Gasteiger charge is 2.10. The van der Waals surface area contributed by atoms with Crippen LogP contribution < -0.4 is 10.2 Å². The highest BCUT2D eigenvalue weighted by Crippen LogP contribution is 2.21. The summed E-state index contributed by atoms with van der Waals surface area (Å²) in [7, 11) is 0. The van der Waals surface area contributed by atoms with Crippen LogP contribution in [0.25, 0.3) is 6.08 Å². The van der Waals surface area contributed by atoms with Gasteiger partial charge in [-0.1, -0.05) is 6.07 Å². The van der Waals surface area contributed by atoms with Crippen molar-refractivity contribution in [1.82, 2.24) is 0 Å². The molecule has 1 aromatic carbocycles. The summed E-state index contributed by atoms with van der Waals surface area (Å²) in [4.78, 5) is 15.4. The van der Waals surface area contributed by atoms with E-state index in [0.717, 1.165) is 23.7 Å². The van der Waals surface area contributed by atoms with Crippen LogP contribution in [0.4, 0.5) is 11.4 Å². The average Bonchev–Trinajstić information content (AvgIpc) is 3.08. The number of thiophene rings is 1. The lowest BCUT2D eigenvalue weighted by atomic mass is 10.1. The van der Waals surface area contributed by atoms with Gasteiger partial charge < -0.3 is 10.2 Å². The number of amides is 1. The van der Waals surface area contributed by atoms with Gasteiger partial charge >= 0.3 is 0 Å². The maximum atomic E-state index is 11.9. The molecule has 0 atom stereocenters. The Labute approximate surface area is 135 Å². The number of benzene rings is 1. The summed E-state index contributed by atoms with van der Waals surface area (Å²) in [5.41, 5.74) is 2.08. The van der Waals surface area contributed by atoms with Crippen LogP contribution in [0.5, 0.6) is 0 Å². The number of carbonyl (C=O) groups excluding carboxylic acids is 1. The third-order valence-corrected chi connectivity index (χ3v) is 4.64. The summed E-state index contributed by atoms with van der Waals surface area (Å²) in [6.45, 7) is 2.27. The molecule has 2 heterocycles. The number of nitrogens with one attached hydrogen (secondary N) is 1. The van der Waals surface area contributed by atoms with Gasteiger partial charge in [-0.2, -0.15) is 0 Å². The Morgan fingerprint density at radius 3 is 2.55 bits per heavy atom. The molecule has 0 aliphatic carbocycles. The fourth-order valence-electron chi connectivity index (χ4n) is 2.64. The second-order valence-electron chi connectivity index (χ2n) is 5.43. The molecule has 3 nitrogen and oxygen atoms in total. The van der Waals surface area contributed by atoms with Crippen LogP contribution in [0.15, 0.2) is 47.9 Å². The molecule has 1 aliphatic heterocycles. The standard InChI is InChI=1S/C18H20N2OS/c21-18(11-10-17-5-4-14-22-17)19-15-6-8-16(9-7-15)20-12-2-1-3-13-20/h4-11,14H,1-3,12-13H2,(H,19,21). The van der Waals surface area contributed by atoms with E-state index in [9.17, 15) is 4.79 Å². The summed E-state index contributed by atoms with van der Waals surface area (Å²) in [5, 5.41) is 4.89. The predicted octanol–water partition coefficient (Wildman–Crippen LogP) is 4.39. The number of anilines is 2. The Morgan fingerprint density at radius 1 is 1.09 bits per heavy atom. The van der Waals surface area contributed by atoms with Gasteiger partial charge in [0.25, 0.3) is 0 Å². The zero-order chi connectivity index (χ0) is 15.2. The predicted molar refractivity (Wildman–Crippen MR) is 94.5 cm³/mol. The van der Waals surface area contributed by atoms with Crippen LogP contribution in [-0.2, 0) is 4.79 Å². The lowest BCUT2D eigenvalue weighted by Crippen LogP contribution is -2.29. The molecule has 1 amide bonds. The summed E-state index contributed by atoms with van der Waals surface area (Å²) in [6, 6.07) is 12.1.